The Bertz CT molecular complexity index is 806. The van der Waals surface area contributed by atoms with Crippen molar-refractivity contribution in [3.63, 3.8) is 0 Å². The van der Waals surface area contributed by atoms with Crippen molar-refractivity contribution >= 4 is 40.8 Å². The number of amides is 2. The van der Waals surface area contributed by atoms with Gasteiger partial charge >= 0.3 is 0 Å². The molecule has 0 aliphatic carbocycles. The molecule has 3 rings (SSSR count). The molecule has 0 spiro atoms. The van der Waals surface area contributed by atoms with E-state index >= 15 is 0 Å². The first-order valence-corrected chi connectivity index (χ1v) is 8.68. The van der Waals surface area contributed by atoms with Crippen LogP contribution < -0.4 is 5.32 Å². The number of nitrogens with one attached hydrogen (secondary N) is 1. The second-order valence-corrected chi connectivity index (χ2v) is 6.85. The molecule has 25 heavy (non-hydrogen) atoms. The third kappa shape index (κ3) is 4.14. The van der Waals surface area contributed by atoms with Crippen LogP contribution in [0.1, 0.15) is 29.0 Å². The van der Waals surface area contributed by atoms with Crippen molar-refractivity contribution in [2.24, 2.45) is 5.92 Å². The first-order valence-electron chi connectivity index (χ1n) is 7.92. The molecular formula is C17H17Cl2N3O3. The zero-order chi connectivity index (χ0) is 18.0. The molecule has 8 heteroatoms. The second kappa shape index (κ2) is 7.45. The van der Waals surface area contributed by atoms with E-state index in [2.05, 4.69) is 10.5 Å². The molecule has 1 N–H and O–H groups in total. The third-order valence-corrected chi connectivity index (χ3v) is 4.86. The molecule has 2 amide bonds. The molecule has 0 saturated carbocycles. The molecular weight excluding hydrogens is 365 g/mol. The summed E-state index contributed by atoms with van der Waals surface area (Å²) in [6.07, 6.45) is 1.47. The normalized spacial score (nSPS) is 17.4. The van der Waals surface area contributed by atoms with Crippen LogP contribution >= 0.6 is 23.2 Å². The lowest BCUT2D eigenvalue weighted by atomic mass is 9.96. The molecule has 1 fully saturated rings. The molecule has 132 valence electrons. The van der Waals surface area contributed by atoms with E-state index in [0.717, 1.165) is 6.42 Å². The first kappa shape index (κ1) is 17.8. The van der Waals surface area contributed by atoms with Gasteiger partial charge in [-0.3, -0.25) is 9.59 Å². The summed E-state index contributed by atoms with van der Waals surface area (Å²) in [6.45, 7) is 2.70. The fourth-order valence-electron chi connectivity index (χ4n) is 2.84. The van der Waals surface area contributed by atoms with Gasteiger partial charge in [-0.05, 0) is 38.0 Å². The Morgan fingerprint density at radius 3 is 2.76 bits per heavy atom. The predicted octanol–water partition coefficient (Wildman–Crippen LogP) is 3.78. The molecule has 0 radical (unpaired) electrons. The zero-order valence-electron chi connectivity index (χ0n) is 13.6. The number of rotatable bonds is 3. The summed E-state index contributed by atoms with van der Waals surface area (Å²) in [6, 6.07) is 6.43. The summed E-state index contributed by atoms with van der Waals surface area (Å²) >= 11 is 11.9. The molecule has 1 saturated heterocycles. The molecule has 0 unspecified atom stereocenters. The Hall–Kier alpha value is -2.05. The average Bonchev–Trinajstić information content (AvgIpc) is 3.01. The van der Waals surface area contributed by atoms with Crippen LogP contribution in [-0.2, 0) is 4.79 Å². The number of anilines is 1. The fraction of sp³-hybridized carbons (Fsp3) is 0.353. The van der Waals surface area contributed by atoms with Gasteiger partial charge in [0.15, 0.2) is 5.82 Å². The van der Waals surface area contributed by atoms with Crippen LogP contribution in [0.5, 0.6) is 0 Å². The van der Waals surface area contributed by atoms with E-state index in [-0.39, 0.29) is 17.7 Å². The minimum Gasteiger partial charge on any atom is -0.360 e. The van der Waals surface area contributed by atoms with E-state index in [0.29, 0.717) is 46.7 Å². The lowest BCUT2D eigenvalue weighted by molar-refractivity contribution is -0.121. The Morgan fingerprint density at radius 2 is 2.08 bits per heavy atom. The SMILES string of the molecule is Cc1cc(NC(=O)[C@H]2CCCN(C(=O)c3ccc(Cl)c(Cl)c3)C2)no1. The largest absolute Gasteiger partial charge is 0.360 e. The topological polar surface area (TPSA) is 75.4 Å². The summed E-state index contributed by atoms with van der Waals surface area (Å²) in [4.78, 5) is 26.7. The maximum absolute atomic E-state index is 12.7. The van der Waals surface area contributed by atoms with Gasteiger partial charge in [0.1, 0.15) is 5.76 Å². The Kier molecular flexibility index (Phi) is 5.30. The summed E-state index contributed by atoms with van der Waals surface area (Å²) in [5.41, 5.74) is 0.461. The number of carbonyl (C=O) groups excluding carboxylic acids is 2. The maximum Gasteiger partial charge on any atom is 0.253 e. The van der Waals surface area contributed by atoms with Gasteiger partial charge in [0.25, 0.3) is 5.91 Å². The fourth-order valence-corrected chi connectivity index (χ4v) is 3.14. The van der Waals surface area contributed by atoms with Crippen molar-refractivity contribution in [1.82, 2.24) is 10.1 Å². The second-order valence-electron chi connectivity index (χ2n) is 6.03. The van der Waals surface area contributed by atoms with Gasteiger partial charge in [-0.15, -0.1) is 0 Å². The van der Waals surface area contributed by atoms with E-state index < -0.39 is 0 Å². The lowest BCUT2D eigenvalue weighted by Crippen LogP contribution is -2.43. The summed E-state index contributed by atoms with van der Waals surface area (Å²) in [7, 11) is 0. The molecule has 1 atom stereocenters. The van der Waals surface area contributed by atoms with Gasteiger partial charge in [0.05, 0.1) is 16.0 Å². The van der Waals surface area contributed by atoms with Crippen molar-refractivity contribution in [2.45, 2.75) is 19.8 Å². The number of aromatic nitrogens is 1. The van der Waals surface area contributed by atoms with E-state index in [1.54, 1.807) is 36.1 Å². The third-order valence-electron chi connectivity index (χ3n) is 4.13. The van der Waals surface area contributed by atoms with E-state index in [1.165, 1.54) is 0 Å². The van der Waals surface area contributed by atoms with Gasteiger partial charge in [0.2, 0.25) is 5.91 Å². The van der Waals surface area contributed by atoms with Gasteiger partial charge in [0, 0.05) is 24.7 Å². The predicted molar refractivity (Wildman–Crippen MR) is 95.0 cm³/mol. The number of hydrogen-bond acceptors (Lipinski definition) is 4. The van der Waals surface area contributed by atoms with Crippen molar-refractivity contribution in [3.8, 4) is 0 Å². The molecule has 2 aromatic rings. The van der Waals surface area contributed by atoms with Crippen molar-refractivity contribution in [3.05, 3.63) is 45.6 Å². The van der Waals surface area contributed by atoms with Crippen LogP contribution in [0.4, 0.5) is 5.82 Å². The highest BCUT2D eigenvalue weighted by atomic mass is 35.5. The van der Waals surface area contributed by atoms with Crippen LogP contribution in [-0.4, -0.2) is 35.0 Å². The number of benzene rings is 1. The van der Waals surface area contributed by atoms with Crippen LogP contribution in [0.25, 0.3) is 0 Å². The van der Waals surface area contributed by atoms with Crippen LogP contribution in [0, 0.1) is 12.8 Å². The van der Waals surface area contributed by atoms with Gasteiger partial charge in [-0.1, -0.05) is 28.4 Å². The number of carbonyl (C=O) groups is 2. The standard InChI is InChI=1S/C17H17Cl2N3O3/c1-10-7-15(21-25-10)20-16(23)12-3-2-6-22(9-12)17(24)11-4-5-13(18)14(19)8-11/h4-5,7-8,12H,2-3,6,9H2,1H3,(H,20,21,23)/t12-/m0/s1. The van der Waals surface area contributed by atoms with Gasteiger partial charge < -0.3 is 14.7 Å². The number of hydrogen-bond donors (Lipinski definition) is 1. The van der Waals surface area contributed by atoms with E-state index in [9.17, 15) is 9.59 Å². The minimum atomic E-state index is -0.294. The first-order chi connectivity index (χ1) is 11.9. The number of piperidine rings is 1. The highest BCUT2D eigenvalue weighted by Gasteiger charge is 2.29. The van der Waals surface area contributed by atoms with Crippen LogP contribution in [0.2, 0.25) is 10.0 Å². The van der Waals surface area contributed by atoms with Crippen molar-refractivity contribution < 1.29 is 14.1 Å². The number of likely N-dealkylation sites (tertiary alicyclic amines) is 1. The van der Waals surface area contributed by atoms with E-state index in [1.807, 2.05) is 0 Å². The zero-order valence-corrected chi connectivity index (χ0v) is 15.1. The molecule has 1 aromatic carbocycles. The van der Waals surface area contributed by atoms with E-state index in [4.69, 9.17) is 27.7 Å². The number of aryl methyl sites for hydroxylation is 1. The molecule has 2 heterocycles. The number of nitrogens with zero attached hydrogens (tertiary/aromatic N) is 2. The highest BCUT2D eigenvalue weighted by Crippen LogP contribution is 2.25. The summed E-state index contributed by atoms with van der Waals surface area (Å²) in [5, 5.41) is 7.22. The Morgan fingerprint density at radius 1 is 1.28 bits per heavy atom. The number of halogens is 2. The molecule has 0 bridgehead atoms. The van der Waals surface area contributed by atoms with Crippen molar-refractivity contribution in [2.75, 3.05) is 18.4 Å². The highest BCUT2D eigenvalue weighted by molar-refractivity contribution is 6.42. The Balaban J connectivity index is 1.66. The smallest absolute Gasteiger partial charge is 0.253 e. The van der Waals surface area contributed by atoms with Gasteiger partial charge in [-0.2, -0.15) is 0 Å². The minimum absolute atomic E-state index is 0.159. The average molecular weight is 382 g/mol. The molecule has 1 aliphatic rings. The maximum atomic E-state index is 12.7. The summed E-state index contributed by atoms with van der Waals surface area (Å²) in [5.74, 6) is 0.386. The molecule has 1 aliphatic heterocycles. The molecule has 6 nitrogen and oxygen atoms in total. The molecule has 1 aromatic heterocycles. The van der Waals surface area contributed by atoms with Crippen LogP contribution in [0.3, 0.4) is 0 Å². The van der Waals surface area contributed by atoms with Crippen molar-refractivity contribution in [1.29, 1.82) is 0 Å². The lowest BCUT2D eigenvalue weighted by Gasteiger charge is -2.32. The summed E-state index contributed by atoms with van der Waals surface area (Å²) < 4.78 is 4.94. The quantitative estimate of drug-likeness (QED) is 0.877. The van der Waals surface area contributed by atoms with Crippen LogP contribution in [0.15, 0.2) is 28.8 Å². The van der Waals surface area contributed by atoms with Gasteiger partial charge in [-0.25, -0.2) is 0 Å². The monoisotopic (exact) mass is 381 g/mol. The Labute approximate surface area is 155 Å².